The summed E-state index contributed by atoms with van der Waals surface area (Å²) >= 11 is 0. The largest absolute Gasteiger partial charge is 0.493 e. The van der Waals surface area contributed by atoms with Crippen LogP contribution in [0.5, 0.6) is 11.5 Å². The number of methoxy groups -OCH3 is 1. The van der Waals surface area contributed by atoms with Crippen LogP contribution < -0.4 is 9.47 Å². The molecule has 0 heterocycles. The molecule has 1 aromatic carbocycles. The number of aliphatic hydroxyl groups is 1. The van der Waals surface area contributed by atoms with Gasteiger partial charge in [-0.2, -0.15) is 0 Å². The van der Waals surface area contributed by atoms with Crippen LogP contribution in [0.2, 0.25) is 0 Å². The van der Waals surface area contributed by atoms with Crippen LogP contribution in [-0.2, 0) is 0 Å². The molecule has 0 aliphatic heterocycles. The zero-order chi connectivity index (χ0) is 15.1. The Morgan fingerprint density at radius 1 is 1.24 bits per heavy atom. The highest BCUT2D eigenvalue weighted by Gasteiger charge is 2.17. The smallest absolute Gasteiger partial charge is 0.161 e. The number of ether oxygens (including phenoxy) is 2. The van der Waals surface area contributed by atoms with Crippen molar-refractivity contribution in [1.29, 1.82) is 0 Å². The number of hydrogen-bond donors (Lipinski definition) is 1. The minimum atomic E-state index is 0.140. The summed E-state index contributed by atoms with van der Waals surface area (Å²) in [5.74, 6) is 2.04. The average Bonchev–Trinajstić information content (AvgIpc) is 2.54. The summed E-state index contributed by atoms with van der Waals surface area (Å²) in [5.41, 5.74) is 2.20. The molecule has 0 unspecified atom stereocenters. The summed E-state index contributed by atoms with van der Waals surface area (Å²) < 4.78 is 10.9. The van der Waals surface area contributed by atoms with Crippen LogP contribution in [0.15, 0.2) is 23.8 Å². The first-order valence-corrected chi connectivity index (χ1v) is 7.90. The van der Waals surface area contributed by atoms with Crippen molar-refractivity contribution >= 4 is 6.08 Å². The van der Waals surface area contributed by atoms with Gasteiger partial charge in [0, 0.05) is 0 Å². The maximum absolute atomic E-state index is 9.69. The molecular formula is C18H26O3. The molecule has 0 aromatic heterocycles. The van der Waals surface area contributed by atoms with Crippen molar-refractivity contribution in [2.24, 2.45) is 5.92 Å². The maximum atomic E-state index is 9.69. The van der Waals surface area contributed by atoms with E-state index < -0.39 is 0 Å². The third kappa shape index (κ3) is 4.24. The zero-order valence-electron chi connectivity index (χ0n) is 13.1. The molecule has 116 valence electrons. The molecular weight excluding hydrogens is 264 g/mol. The van der Waals surface area contributed by atoms with E-state index in [0.717, 1.165) is 22.6 Å². The Morgan fingerprint density at radius 3 is 2.62 bits per heavy atom. The molecule has 3 nitrogen and oxygen atoms in total. The molecule has 0 spiro atoms. The molecule has 1 saturated carbocycles. The van der Waals surface area contributed by atoms with Gasteiger partial charge in [0.05, 0.1) is 20.3 Å². The van der Waals surface area contributed by atoms with E-state index in [1.165, 1.54) is 32.1 Å². The lowest BCUT2D eigenvalue weighted by atomic mass is 9.83. The van der Waals surface area contributed by atoms with E-state index in [9.17, 15) is 5.11 Å². The fourth-order valence-electron chi connectivity index (χ4n) is 3.03. The van der Waals surface area contributed by atoms with E-state index in [4.69, 9.17) is 9.47 Å². The quantitative estimate of drug-likeness (QED) is 0.859. The molecule has 3 heteroatoms. The first-order valence-electron chi connectivity index (χ1n) is 7.90. The van der Waals surface area contributed by atoms with Crippen LogP contribution in [0.25, 0.3) is 6.08 Å². The fraction of sp³-hybridized carbons (Fsp3) is 0.556. The van der Waals surface area contributed by atoms with Crippen molar-refractivity contribution in [3.8, 4) is 11.5 Å². The van der Waals surface area contributed by atoms with Gasteiger partial charge in [-0.05, 0) is 49.0 Å². The molecule has 1 aliphatic rings. The number of hydrogen-bond acceptors (Lipinski definition) is 3. The summed E-state index contributed by atoms with van der Waals surface area (Å²) in [7, 11) is 1.65. The van der Waals surface area contributed by atoms with E-state index in [2.05, 4.69) is 6.08 Å². The van der Waals surface area contributed by atoms with Gasteiger partial charge in [-0.25, -0.2) is 0 Å². The second-order valence-electron chi connectivity index (χ2n) is 5.56. The lowest BCUT2D eigenvalue weighted by Gasteiger charge is -2.23. The van der Waals surface area contributed by atoms with Gasteiger partial charge in [-0.1, -0.05) is 31.4 Å². The molecule has 0 amide bonds. The van der Waals surface area contributed by atoms with Gasteiger partial charge >= 0.3 is 0 Å². The third-order valence-electron chi connectivity index (χ3n) is 4.15. The van der Waals surface area contributed by atoms with Crippen molar-refractivity contribution in [3.63, 3.8) is 0 Å². The summed E-state index contributed by atoms with van der Waals surface area (Å²) in [6, 6.07) is 5.92. The topological polar surface area (TPSA) is 38.7 Å². The van der Waals surface area contributed by atoms with Gasteiger partial charge in [0.2, 0.25) is 0 Å². The van der Waals surface area contributed by atoms with Crippen molar-refractivity contribution in [2.45, 2.75) is 39.0 Å². The van der Waals surface area contributed by atoms with Crippen LogP contribution >= 0.6 is 0 Å². The van der Waals surface area contributed by atoms with Crippen LogP contribution in [0.3, 0.4) is 0 Å². The number of benzene rings is 1. The van der Waals surface area contributed by atoms with Gasteiger partial charge < -0.3 is 14.6 Å². The second-order valence-corrected chi connectivity index (χ2v) is 5.56. The Balaban J connectivity index is 2.22. The molecule has 1 aliphatic carbocycles. The van der Waals surface area contributed by atoms with Gasteiger partial charge in [0.15, 0.2) is 11.5 Å². The summed E-state index contributed by atoms with van der Waals surface area (Å²) in [5, 5.41) is 9.69. The number of rotatable bonds is 6. The van der Waals surface area contributed by atoms with E-state index in [-0.39, 0.29) is 6.61 Å². The van der Waals surface area contributed by atoms with Crippen molar-refractivity contribution in [2.75, 3.05) is 20.3 Å². The van der Waals surface area contributed by atoms with Crippen LogP contribution in [-0.4, -0.2) is 25.4 Å². The van der Waals surface area contributed by atoms with Gasteiger partial charge in [-0.3, -0.25) is 0 Å². The van der Waals surface area contributed by atoms with E-state index in [1.807, 2.05) is 25.1 Å². The summed E-state index contributed by atoms with van der Waals surface area (Å²) in [6.07, 6.45) is 8.37. The van der Waals surface area contributed by atoms with Crippen LogP contribution in [0.1, 0.15) is 44.6 Å². The average molecular weight is 290 g/mol. The molecule has 0 bridgehead atoms. The Labute approximate surface area is 127 Å². The highest BCUT2D eigenvalue weighted by molar-refractivity contribution is 5.58. The summed E-state index contributed by atoms with van der Waals surface area (Å²) in [6.45, 7) is 2.71. The standard InChI is InChI=1S/C18H26O3/c1-3-21-18-12-14(9-10-17(18)20-2)11-16(13-19)15-7-5-4-6-8-15/h9-12,15,19H,3-8,13H2,1-2H3/b16-11-. The molecule has 0 atom stereocenters. The van der Waals surface area contributed by atoms with Crippen molar-refractivity contribution in [1.82, 2.24) is 0 Å². The Kier molecular flexibility index (Phi) is 6.12. The second kappa shape index (κ2) is 8.08. The predicted octanol–water partition coefficient (Wildman–Crippen LogP) is 4.05. The van der Waals surface area contributed by atoms with E-state index in [1.54, 1.807) is 7.11 Å². The predicted molar refractivity (Wildman–Crippen MR) is 85.8 cm³/mol. The lowest BCUT2D eigenvalue weighted by molar-refractivity contribution is 0.295. The Morgan fingerprint density at radius 2 is 2.00 bits per heavy atom. The lowest BCUT2D eigenvalue weighted by Crippen LogP contribution is -2.11. The highest BCUT2D eigenvalue weighted by Crippen LogP contribution is 2.33. The first kappa shape index (κ1) is 15.9. The molecule has 0 radical (unpaired) electrons. The van der Waals surface area contributed by atoms with Gasteiger partial charge in [-0.15, -0.1) is 0 Å². The van der Waals surface area contributed by atoms with Gasteiger partial charge in [0.1, 0.15) is 0 Å². The maximum Gasteiger partial charge on any atom is 0.161 e. The molecule has 1 N–H and O–H groups in total. The minimum Gasteiger partial charge on any atom is -0.493 e. The SMILES string of the molecule is CCOc1cc(/C=C(/CO)C2CCCCC2)ccc1OC. The van der Waals surface area contributed by atoms with Gasteiger partial charge in [0.25, 0.3) is 0 Å². The zero-order valence-corrected chi connectivity index (χ0v) is 13.1. The monoisotopic (exact) mass is 290 g/mol. The molecule has 0 saturated heterocycles. The minimum absolute atomic E-state index is 0.140. The molecule has 2 rings (SSSR count). The molecule has 1 fully saturated rings. The highest BCUT2D eigenvalue weighted by atomic mass is 16.5. The van der Waals surface area contributed by atoms with E-state index in [0.29, 0.717) is 12.5 Å². The number of aliphatic hydroxyl groups excluding tert-OH is 1. The molecule has 1 aromatic rings. The third-order valence-corrected chi connectivity index (χ3v) is 4.15. The first-order chi connectivity index (χ1) is 10.3. The van der Waals surface area contributed by atoms with Crippen molar-refractivity contribution in [3.05, 3.63) is 29.3 Å². The van der Waals surface area contributed by atoms with Crippen molar-refractivity contribution < 1.29 is 14.6 Å². The normalized spacial score (nSPS) is 16.8. The fourth-order valence-corrected chi connectivity index (χ4v) is 3.03. The summed E-state index contributed by atoms with van der Waals surface area (Å²) in [4.78, 5) is 0. The Bertz CT molecular complexity index is 473. The van der Waals surface area contributed by atoms with Crippen LogP contribution in [0.4, 0.5) is 0 Å². The van der Waals surface area contributed by atoms with E-state index >= 15 is 0 Å². The Hall–Kier alpha value is -1.48. The van der Waals surface area contributed by atoms with Crippen LogP contribution in [0, 0.1) is 5.92 Å². The molecule has 21 heavy (non-hydrogen) atoms.